The number of pyridine rings is 1. The summed E-state index contributed by atoms with van der Waals surface area (Å²) in [4.78, 5) is 17.4. The van der Waals surface area contributed by atoms with Gasteiger partial charge in [-0.2, -0.15) is 13.2 Å². The van der Waals surface area contributed by atoms with Crippen molar-refractivity contribution >= 4 is 5.78 Å². The third kappa shape index (κ3) is 5.32. The number of hydrogen-bond donors (Lipinski definition) is 0. The molecule has 3 rings (SSSR count). The quantitative estimate of drug-likeness (QED) is 0.367. The summed E-state index contributed by atoms with van der Waals surface area (Å²) in [6.07, 6.45) is -2.81. The van der Waals surface area contributed by atoms with Crippen LogP contribution in [0, 0.1) is 11.8 Å². The molecule has 1 atom stereocenters. The average Bonchev–Trinajstić information content (AvgIpc) is 2.78. The normalized spacial score (nSPS) is 11.9. The minimum Gasteiger partial charge on any atom is -0.497 e. The Hall–Kier alpha value is -3.59. The molecule has 0 aliphatic carbocycles. The van der Waals surface area contributed by atoms with Crippen LogP contribution in [0.4, 0.5) is 13.2 Å². The summed E-state index contributed by atoms with van der Waals surface area (Å²) in [6, 6.07) is 15.1. The van der Waals surface area contributed by atoms with E-state index < -0.39 is 17.7 Å². The Balaban J connectivity index is 2.02. The molecule has 0 aliphatic rings. The third-order valence-corrected chi connectivity index (χ3v) is 4.87. The van der Waals surface area contributed by atoms with E-state index in [1.807, 2.05) is 0 Å². The van der Waals surface area contributed by atoms with Crippen molar-refractivity contribution in [1.82, 2.24) is 4.98 Å². The fraction of sp³-hybridized carbons (Fsp3) is 0.200. The standard InChI is InChI=1S/C25H20F3NO2/c1-3-5-19-6-4-15-29-24(19)22(17-7-11-20(12-8-17)25(26,27)28)16-23(30)18-9-13-21(31-2)14-10-18/h4,6-15,22H,16H2,1-2H3/t22-/m0/s1. The van der Waals surface area contributed by atoms with Gasteiger partial charge in [0, 0.05) is 29.7 Å². The summed E-state index contributed by atoms with van der Waals surface area (Å²) < 4.78 is 44.1. The van der Waals surface area contributed by atoms with E-state index >= 15 is 0 Å². The number of aromatic nitrogens is 1. The second-order valence-corrected chi connectivity index (χ2v) is 6.84. The highest BCUT2D eigenvalue weighted by molar-refractivity contribution is 5.97. The Morgan fingerprint density at radius 2 is 1.74 bits per heavy atom. The highest BCUT2D eigenvalue weighted by Gasteiger charge is 2.31. The van der Waals surface area contributed by atoms with Gasteiger partial charge in [-0.05, 0) is 61.0 Å². The van der Waals surface area contributed by atoms with Gasteiger partial charge in [0.25, 0.3) is 0 Å². The van der Waals surface area contributed by atoms with Crippen LogP contribution in [0.1, 0.15) is 52.0 Å². The van der Waals surface area contributed by atoms with Crippen LogP contribution in [-0.2, 0) is 6.18 Å². The van der Waals surface area contributed by atoms with E-state index in [9.17, 15) is 18.0 Å². The maximum atomic E-state index is 13.0. The van der Waals surface area contributed by atoms with E-state index in [4.69, 9.17) is 4.74 Å². The van der Waals surface area contributed by atoms with Crippen LogP contribution in [0.5, 0.6) is 5.75 Å². The lowest BCUT2D eigenvalue weighted by molar-refractivity contribution is -0.137. The van der Waals surface area contributed by atoms with Crippen LogP contribution in [0.15, 0.2) is 66.9 Å². The van der Waals surface area contributed by atoms with Crippen LogP contribution in [0.3, 0.4) is 0 Å². The van der Waals surface area contributed by atoms with Crippen LogP contribution in [-0.4, -0.2) is 17.9 Å². The Morgan fingerprint density at radius 3 is 2.32 bits per heavy atom. The first-order valence-electron chi connectivity index (χ1n) is 9.55. The Morgan fingerprint density at radius 1 is 1.06 bits per heavy atom. The first kappa shape index (κ1) is 22.1. The smallest absolute Gasteiger partial charge is 0.416 e. The van der Waals surface area contributed by atoms with E-state index in [1.165, 1.54) is 19.2 Å². The molecule has 1 heterocycles. The van der Waals surface area contributed by atoms with Crippen molar-refractivity contribution < 1.29 is 22.7 Å². The van der Waals surface area contributed by atoms with E-state index in [-0.39, 0.29) is 12.2 Å². The van der Waals surface area contributed by atoms with Crippen molar-refractivity contribution in [2.75, 3.05) is 7.11 Å². The molecule has 0 radical (unpaired) electrons. The molecular weight excluding hydrogens is 403 g/mol. The van der Waals surface area contributed by atoms with Crippen molar-refractivity contribution in [3.63, 3.8) is 0 Å². The predicted octanol–water partition coefficient (Wildman–Crippen LogP) is 5.89. The topological polar surface area (TPSA) is 39.2 Å². The number of rotatable bonds is 6. The highest BCUT2D eigenvalue weighted by Crippen LogP contribution is 2.34. The Kier molecular flexibility index (Phi) is 6.76. The molecule has 158 valence electrons. The number of methoxy groups -OCH3 is 1. The lowest BCUT2D eigenvalue weighted by atomic mass is 9.86. The minimum absolute atomic E-state index is 0.0348. The number of carbonyl (C=O) groups excluding carboxylic acids is 1. The van der Waals surface area contributed by atoms with Crippen LogP contribution in [0.25, 0.3) is 0 Å². The van der Waals surface area contributed by atoms with Gasteiger partial charge in [0.15, 0.2) is 5.78 Å². The van der Waals surface area contributed by atoms with Gasteiger partial charge < -0.3 is 4.74 Å². The van der Waals surface area contributed by atoms with Gasteiger partial charge >= 0.3 is 6.18 Å². The molecule has 6 heteroatoms. The maximum absolute atomic E-state index is 13.0. The highest BCUT2D eigenvalue weighted by atomic mass is 19.4. The SMILES string of the molecule is CC#Cc1cccnc1[C@@H](CC(=O)c1ccc(OC)cc1)c1ccc(C(F)(F)F)cc1. The third-order valence-electron chi connectivity index (χ3n) is 4.87. The molecule has 31 heavy (non-hydrogen) atoms. The molecular formula is C25H20F3NO2. The second kappa shape index (κ2) is 9.48. The fourth-order valence-corrected chi connectivity index (χ4v) is 3.29. The number of hydrogen-bond acceptors (Lipinski definition) is 3. The number of ketones is 1. The molecule has 0 bridgehead atoms. The first-order valence-corrected chi connectivity index (χ1v) is 9.55. The lowest BCUT2D eigenvalue weighted by Gasteiger charge is -2.19. The van der Waals surface area contributed by atoms with E-state index in [0.29, 0.717) is 28.1 Å². The Bertz CT molecular complexity index is 1110. The summed E-state index contributed by atoms with van der Waals surface area (Å²) in [5, 5.41) is 0. The molecule has 2 aromatic carbocycles. The molecule has 1 aromatic heterocycles. The van der Waals surface area contributed by atoms with Crippen LogP contribution < -0.4 is 4.74 Å². The molecule has 0 N–H and O–H groups in total. The van der Waals surface area contributed by atoms with Crippen molar-refractivity contribution in [2.24, 2.45) is 0 Å². The van der Waals surface area contributed by atoms with E-state index in [1.54, 1.807) is 49.5 Å². The molecule has 3 nitrogen and oxygen atoms in total. The number of nitrogens with zero attached hydrogens (tertiary/aromatic N) is 1. The largest absolute Gasteiger partial charge is 0.497 e. The fourth-order valence-electron chi connectivity index (χ4n) is 3.29. The average molecular weight is 423 g/mol. The molecule has 0 fully saturated rings. The molecule has 0 unspecified atom stereocenters. The molecule has 0 aliphatic heterocycles. The number of ether oxygens (including phenoxy) is 1. The monoisotopic (exact) mass is 423 g/mol. The number of Topliss-reactive ketones (excluding diaryl/α,β-unsaturated/α-hetero) is 1. The number of benzene rings is 2. The lowest BCUT2D eigenvalue weighted by Crippen LogP contribution is -2.13. The van der Waals surface area contributed by atoms with Gasteiger partial charge in [0.05, 0.1) is 18.4 Å². The van der Waals surface area contributed by atoms with Gasteiger partial charge in [0.2, 0.25) is 0 Å². The van der Waals surface area contributed by atoms with Gasteiger partial charge in [0.1, 0.15) is 5.75 Å². The van der Waals surface area contributed by atoms with Crippen molar-refractivity contribution in [3.8, 4) is 17.6 Å². The maximum Gasteiger partial charge on any atom is 0.416 e. The predicted molar refractivity (Wildman–Crippen MR) is 112 cm³/mol. The van der Waals surface area contributed by atoms with Crippen LogP contribution >= 0.6 is 0 Å². The van der Waals surface area contributed by atoms with E-state index in [2.05, 4.69) is 16.8 Å². The molecule has 0 spiro atoms. The second-order valence-electron chi connectivity index (χ2n) is 6.84. The zero-order valence-electron chi connectivity index (χ0n) is 17.0. The molecule has 0 saturated heterocycles. The minimum atomic E-state index is -4.43. The number of alkyl halides is 3. The van der Waals surface area contributed by atoms with Crippen molar-refractivity contribution in [3.05, 3.63) is 94.8 Å². The summed E-state index contributed by atoms with van der Waals surface area (Å²) in [5.41, 5.74) is 1.49. The van der Waals surface area contributed by atoms with Crippen LogP contribution in [0.2, 0.25) is 0 Å². The van der Waals surface area contributed by atoms with E-state index in [0.717, 1.165) is 12.1 Å². The summed E-state index contributed by atoms with van der Waals surface area (Å²) >= 11 is 0. The molecule has 0 amide bonds. The van der Waals surface area contributed by atoms with Gasteiger partial charge in [-0.1, -0.05) is 18.1 Å². The first-order chi connectivity index (χ1) is 14.8. The van der Waals surface area contributed by atoms with Gasteiger partial charge in [-0.25, -0.2) is 0 Å². The van der Waals surface area contributed by atoms with Crippen molar-refractivity contribution in [2.45, 2.75) is 25.4 Å². The van der Waals surface area contributed by atoms with Crippen molar-refractivity contribution in [1.29, 1.82) is 0 Å². The Labute approximate surface area is 178 Å². The zero-order valence-corrected chi connectivity index (χ0v) is 17.0. The van der Waals surface area contributed by atoms with Gasteiger partial charge in [-0.3, -0.25) is 9.78 Å². The number of carbonyl (C=O) groups is 1. The van der Waals surface area contributed by atoms with Gasteiger partial charge in [-0.15, -0.1) is 5.92 Å². The zero-order chi connectivity index (χ0) is 22.4. The molecule has 0 saturated carbocycles. The summed E-state index contributed by atoms with van der Waals surface area (Å²) in [7, 11) is 1.54. The summed E-state index contributed by atoms with van der Waals surface area (Å²) in [5.74, 6) is 5.71. The number of halogens is 3. The molecule has 3 aromatic rings. The summed E-state index contributed by atoms with van der Waals surface area (Å²) in [6.45, 7) is 1.69.